The van der Waals surface area contributed by atoms with Gasteiger partial charge in [0, 0.05) is 37.9 Å². The van der Waals surface area contributed by atoms with Crippen LogP contribution < -0.4 is 15.5 Å². The van der Waals surface area contributed by atoms with Crippen molar-refractivity contribution in [1.29, 1.82) is 0 Å². The van der Waals surface area contributed by atoms with Gasteiger partial charge in [-0.1, -0.05) is 0 Å². The van der Waals surface area contributed by atoms with E-state index >= 15 is 0 Å². The Morgan fingerprint density at radius 3 is 2.40 bits per heavy atom. The fraction of sp³-hybridized carbons (Fsp3) is 0.400. The van der Waals surface area contributed by atoms with Gasteiger partial charge in [0.15, 0.2) is 11.6 Å². The molecule has 1 N–H and O–H groups in total. The Kier molecular flexibility index (Phi) is 3.17. The van der Waals surface area contributed by atoms with Crippen LogP contribution >= 0.6 is 9.24 Å². The summed E-state index contributed by atoms with van der Waals surface area (Å²) in [5.74, 6) is -1.58. The molecule has 1 aromatic carbocycles. The van der Waals surface area contributed by atoms with Crippen LogP contribution in [0.3, 0.4) is 0 Å². The summed E-state index contributed by atoms with van der Waals surface area (Å²) in [7, 11) is 2.45. The second-order valence-electron chi connectivity index (χ2n) is 3.56. The molecule has 1 fully saturated rings. The summed E-state index contributed by atoms with van der Waals surface area (Å²) < 4.78 is 26.0. The van der Waals surface area contributed by atoms with Crippen molar-refractivity contribution in [3.63, 3.8) is 0 Å². The SMILES string of the molecule is Fc1cc(P)c(N2CCNCC2)cc1F. The normalized spacial score (nSPS) is 16.9. The number of piperazine rings is 1. The van der Waals surface area contributed by atoms with E-state index in [1.165, 1.54) is 12.1 Å². The highest BCUT2D eigenvalue weighted by atomic mass is 31.0. The molecule has 0 saturated carbocycles. The minimum Gasteiger partial charge on any atom is -0.368 e. The van der Waals surface area contributed by atoms with E-state index in [2.05, 4.69) is 19.5 Å². The largest absolute Gasteiger partial charge is 0.368 e. The van der Waals surface area contributed by atoms with Crippen LogP contribution in [-0.2, 0) is 0 Å². The highest BCUT2D eigenvalue weighted by Crippen LogP contribution is 2.18. The molecule has 0 aliphatic carbocycles. The van der Waals surface area contributed by atoms with Crippen LogP contribution in [0.25, 0.3) is 0 Å². The van der Waals surface area contributed by atoms with Crippen molar-refractivity contribution in [3.8, 4) is 0 Å². The molecule has 1 aromatic rings. The topological polar surface area (TPSA) is 15.3 Å². The van der Waals surface area contributed by atoms with Gasteiger partial charge in [0.05, 0.1) is 0 Å². The molecule has 1 aliphatic rings. The highest BCUT2D eigenvalue weighted by Gasteiger charge is 2.15. The molecule has 0 aromatic heterocycles. The fourth-order valence-electron chi connectivity index (χ4n) is 1.73. The molecule has 1 unspecified atom stereocenters. The number of hydrogen-bond acceptors (Lipinski definition) is 2. The van der Waals surface area contributed by atoms with Crippen molar-refractivity contribution in [2.24, 2.45) is 0 Å². The first-order chi connectivity index (χ1) is 7.18. The summed E-state index contributed by atoms with van der Waals surface area (Å²) in [6, 6.07) is 2.49. The maximum atomic E-state index is 13.1. The Hall–Kier alpha value is -0.730. The van der Waals surface area contributed by atoms with E-state index in [1.54, 1.807) is 0 Å². The second-order valence-corrected chi connectivity index (χ2v) is 4.18. The van der Waals surface area contributed by atoms with Gasteiger partial charge in [-0.3, -0.25) is 0 Å². The van der Waals surface area contributed by atoms with Crippen molar-refractivity contribution in [1.82, 2.24) is 5.32 Å². The molecule has 2 rings (SSSR count). The van der Waals surface area contributed by atoms with Gasteiger partial charge in [0.25, 0.3) is 0 Å². The van der Waals surface area contributed by atoms with Gasteiger partial charge < -0.3 is 10.2 Å². The molecule has 5 heteroatoms. The number of halogens is 2. The molecule has 1 atom stereocenters. The molecule has 15 heavy (non-hydrogen) atoms. The zero-order chi connectivity index (χ0) is 10.8. The van der Waals surface area contributed by atoms with Crippen LogP contribution in [-0.4, -0.2) is 26.2 Å². The maximum absolute atomic E-state index is 13.1. The average molecular weight is 230 g/mol. The fourth-order valence-corrected chi connectivity index (χ4v) is 2.14. The monoisotopic (exact) mass is 230 g/mol. The predicted molar refractivity (Wildman–Crippen MR) is 60.8 cm³/mol. The van der Waals surface area contributed by atoms with Gasteiger partial charge in [0.1, 0.15) is 0 Å². The molecule has 1 aliphatic heterocycles. The van der Waals surface area contributed by atoms with Gasteiger partial charge >= 0.3 is 0 Å². The quantitative estimate of drug-likeness (QED) is 0.720. The molecule has 1 saturated heterocycles. The molecule has 0 bridgehead atoms. The first-order valence-electron chi connectivity index (χ1n) is 4.88. The summed E-state index contributed by atoms with van der Waals surface area (Å²) in [6.07, 6.45) is 0. The summed E-state index contributed by atoms with van der Waals surface area (Å²) in [5.41, 5.74) is 0.764. The summed E-state index contributed by atoms with van der Waals surface area (Å²) in [6.45, 7) is 3.41. The van der Waals surface area contributed by atoms with E-state index < -0.39 is 11.6 Å². The predicted octanol–water partition coefficient (Wildman–Crippen LogP) is 0.875. The standard InChI is InChI=1S/C10H13F2N2P/c11-7-5-9(10(15)6-8(7)12)14-3-1-13-2-4-14/h5-6,13H,1-4,15H2. The van der Waals surface area contributed by atoms with Crippen molar-refractivity contribution in [2.75, 3.05) is 31.1 Å². The van der Waals surface area contributed by atoms with Crippen molar-refractivity contribution < 1.29 is 8.78 Å². The number of anilines is 1. The van der Waals surface area contributed by atoms with E-state index in [1.807, 2.05) is 0 Å². The maximum Gasteiger partial charge on any atom is 0.160 e. The third-order valence-electron chi connectivity index (χ3n) is 2.53. The first-order valence-corrected chi connectivity index (χ1v) is 5.46. The Morgan fingerprint density at radius 1 is 1.13 bits per heavy atom. The summed E-state index contributed by atoms with van der Waals surface area (Å²) in [4.78, 5) is 2.06. The smallest absolute Gasteiger partial charge is 0.160 e. The van der Waals surface area contributed by atoms with Crippen LogP contribution in [0.15, 0.2) is 12.1 Å². The van der Waals surface area contributed by atoms with Gasteiger partial charge in [-0.2, -0.15) is 0 Å². The zero-order valence-electron chi connectivity index (χ0n) is 8.26. The number of rotatable bonds is 1. The molecule has 1 heterocycles. The minimum absolute atomic E-state index is 0.704. The average Bonchev–Trinajstić information content (AvgIpc) is 2.25. The molecule has 0 spiro atoms. The van der Waals surface area contributed by atoms with E-state index in [9.17, 15) is 8.78 Å². The third kappa shape index (κ3) is 2.27. The second kappa shape index (κ2) is 4.42. The van der Waals surface area contributed by atoms with E-state index in [4.69, 9.17) is 0 Å². The summed E-state index contributed by atoms with van der Waals surface area (Å²) >= 11 is 0. The summed E-state index contributed by atoms with van der Waals surface area (Å²) in [5, 5.41) is 3.92. The Bertz CT molecular complexity index is 365. The molecule has 2 nitrogen and oxygen atoms in total. The van der Waals surface area contributed by atoms with Gasteiger partial charge in [-0.05, 0) is 11.4 Å². The Balaban J connectivity index is 2.30. The lowest BCUT2D eigenvalue weighted by molar-refractivity contribution is 0.508. The van der Waals surface area contributed by atoms with Crippen LogP contribution in [0.2, 0.25) is 0 Å². The first kappa shape index (κ1) is 10.8. The molecule has 0 amide bonds. The zero-order valence-corrected chi connectivity index (χ0v) is 9.42. The van der Waals surface area contributed by atoms with Crippen LogP contribution in [0.4, 0.5) is 14.5 Å². The van der Waals surface area contributed by atoms with Gasteiger partial charge in [-0.25, -0.2) is 8.78 Å². The van der Waals surface area contributed by atoms with Crippen molar-refractivity contribution >= 4 is 20.2 Å². The Labute approximate surface area is 89.9 Å². The number of nitrogens with zero attached hydrogens (tertiary/aromatic N) is 1. The lowest BCUT2D eigenvalue weighted by Gasteiger charge is -2.30. The lowest BCUT2D eigenvalue weighted by atomic mass is 10.2. The number of nitrogens with one attached hydrogen (secondary N) is 1. The lowest BCUT2D eigenvalue weighted by Crippen LogP contribution is -2.44. The van der Waals surface area contributed by atoms with E-state index in [0.717, 1.165) is 31.9 Å². The van der Waals surface area contributed by atoms with Gasteiger partial charge in [0.2, 0.25) is 0 Å². The van der Waals surface area contributed by atoms with Crippen LogP contribution in [0, 0.1) is 11.6 Å². The molecule has 82 valence electrons. The van der Waals surface area contributed by atoms with Crippen LogP contribution in [0.5, 0.6) is 0 Å². The number of benzene rings is 1. The van der Waals surface area contributed by atoms with Crippen molar-refractivity contribution in [3.05, 3.63) is 23.8 Å². The molecular weight excluding hydrogens is 217 g/mol. The third-order valence-corrected chi connectivity index (χ3v) is 2.99. The highest BCUT2D eigenvalue weighted by molar-refractivity contribution is 7.28. The van der Waals surface area contributed by atoms with E-state index in [0.29, 0.717) is 5.30 Å². The van der Waals surface area contributed by atoms with Gasteiger partial charge in [-0.15, -0.1) is 9.24 Å². The van der Waals surface area contributed by atoms with Crippen LogP contribution in [0.1, 0.15) is 0 Å². The molecular formula is C10H13F2N2P. The number of hydrogen-bond donors (Lipinski definition) is 1. The molecule has 0 radical (unpaired) electrons. The van der Waals surface area contributed by atoms with Crippen molar-refractivity contribution in [2.45, 2.75) is 0 Å². The van der Waals surface area contributed by atoms with E-state index in [-0.39, 0.29) is 0 Å². The Morgan fingerprint density at radius 2 is 1.73 bits per heavy atom. The minimum atomic E-state index is -0.793.